The third kappa shape index (κ3) is 22.4. The maximum Gasteiger partial charge on any atom is 0.403 e. The van der Waals surface area contributed by atoms with Crippen molar-refractivity contribution in [3.05, 3.63) is 0 Å². The lowest BCUT2D eigenvalue weighted by Gasteiger charge is -2.45. The smallest absolute Gasteiger partial charge is 0.343 e. The highest BCUT2D eigenvalue weighted by atomic mass is 35.5. The molecule has 4 N–H and O–H groups in total. The highest BCUT2D eigenvalue weighted by molar-refractivity contribution is 6.21. The maximum absolute atomic E-state index is 16.1. The number of halogens is 7. The Morgan fingerprint density at radius 2 is 1.16 bits per heavy atom. The molecule has 8 aliphatic rings. The molecule has 0 bridgehead atoms. The van der Waals surface area contributed by atoms with Gasteiger partial charge in [0.2, 0.25) is 70.9 Å². The summed E-state index contributed by atoms with van der Waals surface area (Å²) in [7, 11) is 9.85. The van der Waals surface area contributed by atoms with E-state index in [0.717, 1.165) is 54.7 Å². The van der Waals surface area contributed by atoms with Gasteiger partial charge in [-0.25, -0.2) is 0 Å². The molecular formula is C80H128ClF6N13O12. The fourth-order valence-corrected chi connectivity index (χ4v) is 19.3. The number of likely N-dealkylation sites (N-methyl/N-ethyl adjacent to an activating group) is 7. The first-order valence-corrected chi connectivity index (χ1v) is 42.0. The molecule has 112 heavy (non-hydrogen) atoms. The lowest BCUT2D eigenvalue weighted by atomic mass is 9.78. The van der Waals surface area contributed by atoms with Crippen molar-refractivity contribution in [2.24, 2.45) is 41.4 Å². The number of likely N-dealkylation sites (tertiary alicyclic amines) is 1. The van der Waals surface area contributed by atoms with Crippen molar-refractivity contribution in [3.63, 3.8) is 0 Å². The molecule has 25 nitrogen and oxygen atoms in total. The summed E-state index contributed by atoms with van der Waals surface area (Å²) in [6.45, 7) is 8.68. The molecule has 0 aromatic heterocycles. The first-order valence-electron chi connectivity index (χ1n) is 41.6. The molecule has 5 unspecified atom stereocenters. The Bertz CT molecular complexity index is 3290. The first kappa shape index (κ1) is 91.0. The summed E-state index contributed by atoms with van der Waals surface area (Å²) >= 11 is 6.46. The van der Waals surface area contributed by atoms with Gasteiger partial charge in [0.05, 0.1) is 18.9 Å². The van der Waals surface area contributed by atoms with Crippen LogP contribution in [-0.2, 0) is 57.5 Å². The molecule has 0 radical (unpaired) electrons. The minimum Gasteiger partial charge on any atom is -0.343 e. The Morgan fingerprint density at radius 3 is 1.72 bits per heavy atom. The van der Waals surface area contributed by atoms with E-state index in [1.807, 2.05) is 20.8 Å². The average molecular weight is 1610 g/mol. The zero-order valence-electron chi connectivity index (χ0n) is 68.2. The van der Waals surface area contributed by atoms with Crippen LogP contribution in [0.4, 0.5) is 26.3 Å². The Morgan fingerprint density at radius 1 is 0.562 bits per heavy atom. The van der Waals surface area contributed by atoms with Crippen LogP contribution in [0.25, 0.3) is 0 Å². The molecule has 4 aliphatic carbocycles. The summed E-state index contributed by atoms with van der Waals surface area (Å²) in [6.07, 6.45) is 0.245. The van der Waals surface area contributed by atoms with E-state index >= 15 is 47.9 Å². The summed E-state index contributed by atoms with van der Waals surface area (Å²) in [5.74, 6) is -12.5. The molecule has 4 saturated carbocycles. The molecular weight excluding hydrogens is 1480 g/mol. The number of alkyl halides is 7. The molecule has 8 fully saturated rings. The van der Waals surface area contributed by atoms with Gasteiger partial charge < -0.3 is 65.4 Å². The zero-order chi connectivity index (χ0) is 82.6. The van der Waals surface area contributed by atoms with Crippen molar-refractivity contribution in [2.75, 3.05) is 82.1 Å². The van der Waals surface area contributed by atoms with E-state index in [0.29, 0.717) is 70.9 Å². The van der Waals surface area contributed by atoms with E-state index in [1.54, 1.807) is 11.8 Å². The number of hydrogen-bond donors (Lipinski definition) is 4. The van der Waals surface area contributed by atoms with Crippen molar-refractivity contribution in [3.8, 4) is 0 Å². The molecule has 0 aromatic rings. The van der Waals surface area contributed by atoms with Crippen LogP contribution in [0.5, 0.6) is 0 Å². The fourth-order valence-electron chi connectivity index (χ4n) is 18.8. The van der Waals surface area contributed by atoms with Gasteiger partial charge >= 0.3 is 12.4 Å². The van der Waals surface area contributed by atoms with Crippen LogP contribution in [-0.4, -0.2) is 281 Å². The molecule has 634 valence electrons. The van der Waals surface area contributed by atoms with Crippen LogP contribution < -0.4 is 21.3 Å². The van der Waals surface area contributed by atoms with Gasteiger partial charge in [0, 0.05) is 74.3 Å². The number of carbonyl (C=O) groups is 12. The van der Waals surface area contributed by atoms with Crippen LogP contribution in [0, 0.1) is 41.4 Å². The van der Waals surface area contributed by atoms with Gasteiger partial charge in [-0.1, -0.05) is 98.3 Å². The van der Waals surface area contributed by atoms with Crippen molar-refractivity contribution in [2.45, 2.75) is 311 Å². The quantitative estimate of drug-likeness (QED) is 0.100. The van der Waals surface area contributed by atoms with E-state index in [4.69, 9.17) is 11.6 Å². The number of nitrogens with one attached hydrogen (secondary N) is 4. The highest BCUT2D eigenvalue weighted by Crippen LogP contribution is 2.44. The molecule has 4 heterocycles. The van der Waals surface area contributed by atoms with E-state index in [-0.39, 0.29) is 108 Å². The third-order valence-corrected chi connectivity index (χ3v) is 27.0. The Kier molecular flexibility index (Phi) is 32.4. The summed E-state index contributed by atoms with van der Waals surface area (Å²) in [4.78, 5) is 196. The predicted octanol–water partition coefficient (Wildman–Crippen LogP) is 8.17. The highest BCUT2D eigenvalue weighted by Gasteiger charge is 2.54. The monoisotopic (exact) mass is 1610 g/mol. The average Bonchev–Trinajstić information content (AvgIpc) is 1.34. The summed E-state index contributed by atoms with van der Waals surface area (Å²) < 4.78 is 85.4. The fraction of sp³-hybridized carbons (Fsp3) is 0.850. The maximum atomic E-state index is 16.1. The van der Waals surface area contributed by atoms with E-state index in [1.165, 1.54) is 85.7 Å². The molecule has 4 saturated heterocycles. The molecule has 15 atom stereocenters. The van der Waals surface area contributed by atoms with Gasteiger partial charge in [0.15, 0.2) is 0 Å². The van der Waals surface area contributed by atoms with E-state index < -0.39 is 197 Å². The number of rotatable bonds is 13. The normalized spacial score (nSPS) is 31.7. The largest absolute Gasteiger partial charge is 0.403 e. The van der Waals surface area contributed by atoms with Gasteiger partial charge in [0.1, 0.15) is 66.0 Å². The van der Waals surface area contributed by atoms with Crippen LogP contribution >= 0.6 is 11.6 Å². The number of fused-ring (bicyclic) bond motifs is 1. The molecule has 32 heteroatoms. The SMILES string of the molecule is CC[C@H](C)[C@@H]1NC(=O)[C@H](CC(C)C)N(C)C(=O)C[C@@H](C(=O)N2CCCCC2)N(C)C(=O)[C@H](C2CCCCC2)N(C)C(=O)C2(CCCC2)NC(=O)[C@H](CC2CCC(C(F)(F)F)NC2)N(C)C(=O)[C@H](CCC2CCC(C(F)(F)F)C(Cl)C2)NC(=O)CN(C)C(=O)[C@H](CC2CCCCC2)N(C)C(=O)[C@@H]2CCN2C(=O)[C@H](C)N(C)C1=O. The zero-order valence-corrected chi connectivity index (χ0v) is 69.0. The van der Waals surface area contributed by atoms with E-state index in [9.17, 15) is 35.9 Å². The van der Waals surface area contributed by atoms with Crippen molar-refractivity contribution >= 4 is 82.5 Å². The predicted molar refractivity (Wildman–Crippen MR) is 409 cm³/mol. The number of piperidine rings is 2. The second-order valence-electron chi connectivity index (χ2n) is 34.7. The topological polar surface area (TPSA) is 282 Å². The lowest BCUT2D eigenvalue weighted by Crippen LogP contribution is -2.66. The first-order chi connectivity index (χ1) is 52.7. The van der Waals surface area contributed by atoms with Crippen molar-refractivity contribution in [1.29, 1.82) is 0 Å². The Labute approximate surface area is 663 Å². The van der Waals surface area contributed by atoms with Crippen molar-refractivity contribution in [1.82, 2.24) is 65.4 Å². The van der Waals surface area contributed by atoms with Gasteiger partial charge in [-0.15, -0.1) is 11.6 Å². The Hall–Kier alpha value is -6.53. The van der Waals surface area contributed by atoms with Crippen molar-refractivity contribution < 1.29 is 83.9 Å². The number of amides is 12. The van der Waals surface area contributed by atoms with Crippen LogP contribution in [0.15, 0.2) is 0 Å². The third-order valence-electron chi connectivity index (χ3n) is 26.5. The van der Waals surface area contributed by atoms with Crippen LogP contribution in [0.3, 0.4) is 0 Å². The number of nitrogens with zero attached hydrogens (tertiary/aromatic N) is 9. The molecule has 4 aliphatic heterocycles. The summed E-state index contributed by atoms with van der Waals surface area (Å²) in [6, 6.07) is -13.7. The second-order valence-corrected chi connectivity index (χ2v) is 35.2. The van der Waals surface area contributed by atoms with Gasteiger partial charge in [0.25, 0.3) is 0 Å². The summed E-state index contributed by atoms with van der Waals surface area (Å²) in [5, 5.41) is 10.0. The summed E-state index contributed by atoms with van der Waals surface area (Å²) in [5.41, 5.74) is -1.76. The van der Waals surface area contributed by atoms with Gasteiger partial charge in [-0.3, -0.25) is 57.5 Å². The standard InChI is InChI=1S/C80H128ClF6N13O12/c1-13-49(4)66-75(110)93(7)50(5)70(105)100-40-35-58(100)73(108)96(10)61(43-51-25-17-14-18-26-51)72(107)92(6)47-64(101)89-57(33-30-52-29-32-55(56(81)42-52)79(82,83)84)71(106)95(9)60(44-53-31-34-63(88-46-53)80(85,86)87)69(104)91-78(36-21-22-37-78)77(112)98(12)67(54-27-19-15-20-28-54)76(111)97(11)62(74(109)99-38-23-16-24-39-99)45-65(102)94(8)59(41-48(2)3)68(103)90-66/h48-63,66-67,88H,13-47H2,1-12H3,(H,89,101)(H,90,103)(H,91,104)/t49-,50-,52?,53?,55?,56?,57-,58-,59-,60-,61-,62-,63?,66-,67-/m0/s1. The van der Waals surface area contributed by atoms with E-state index in [2.05, 4.69) is 21.3 Å². The second kappa shape index (κ2) is 39.9. The minimum atomic E-state index is -4.61. The molecule has 1 spiro atoms. The molecule has 8 rings (SSSR count). The number of hydrogen-bond acceptors (Lipinski definition) is 13. The lowest BCUT2D eigenvalue weighted by molar-refractivity contribution is -0.182. The van der Waals surface area contributed by atoms with Gasteiger partial charge in [-0.05, 0) is 165 Å². The minimum absolute atomic E-state index is 0.0261. The van der Waals surface area contributed by atoms with Gasteiger partial charge in [-0.2, -0.15) is 26.3 Å². The molecule has 12 amide bonds. The Balaban J connectivity index is 1.22. The van der Waals surface area contributed by atoms with Crippen LogP contribution in [0.1, 0.15) is 227 Å². The number of carbonyl (C=O) groups excluding carboxylic acids is 12. The van der Waals surface area contributed by atoms with Crippen LogP contribution in [0.2, 0.25) is 0 Å². The molecule has 0 aromatic carbocycles.